The first-order chi connectivity index (χ1) is 15.9. The first-order valence-electron chi connectivity index (χ1n) is 10.2. The van der Waals surface area contributed by atoms with Crippen LogP contribution in [0.2, 0.25) is 5.02 Å². The largest absolute Gasteiger partial charge is 0.378 e. The average Bonchev–Trinajstić information content (AvgIpc) is 3.33. The number of ether oxygens (including phenoxy) is 1. The zero-order chi connectivity index (χ0) is 23.3. The number of amides is 1. The van der Waals surface area contributed by atoms with Gasteiger partial charge in [-0.3, -0.25) is 9.52 Å². The molecule has 0 bridgehead atoms. The van der Waals surface area contributed by atoms with Crippen LogP contribution < -0.4 is 14.9 Å². The minimum atomic E-state index is -4.01. The number of carbonyl (C=O) groups is 1. The zero-order valence-corrected chi connectivity index (χ0v) is 19.9. The molecule has 0 aliphatic carbocycles. The van der Waals surface area contributed by atoms with Crippen LogP contribution in [-0.2, 0) is 19.6 Å². The van der Waals surface area contributed by atoms with Gasteiger partial charge in [-0.25, -0.2) is 8.42 Å². The van der Waals surface area contributed by atoms with Crippen LogP contribution in [0.4, 0.5) is 17.1 Å². The van der Waals surface area contributed by atoms with Gasteiger partial charge < -0.3 is 15.0 Å². The zero-order valence-electron chi connectivity index (χ0n) is 17.5. The van der Waals surface area contributed by atoms with E-state index >= 15 is 0 Å². The lowest BCUT2D eigenvalue weighted by molar-refractivity contribution is -0.111. The molecule has 7 nitrogen and oxygen atoms in total. The minimum absolute atomic E-state index is 0.0457. The highest BCUT2D eigenvalue weighted by atomic mass is 35.5. The number of rotatable bonds is 7. The van der Waals surface area contributed by atoms with Gasteiger partial charge in [-0.1, -0.05) is 29.8 Å². The van der Waals surface area contributed by atoms with Gasteiger partial charge in [0, 0.05) is 29.7 Å². The molecule has 4 rings (SSSR count). The number of nitrogens with zero attached hydrogens (tertiary/aromatic N) is 1. The van der Waals surface area contributed by atoms with Crippen LogP contribution in [0.1, 0.15) is 4.88 Å². The second kappa shape index (κ2) is 10.4. The molecule has 1 aliphatic heterocycles. The van der Waals surface area contributed by atoms with Crippen LogP contribution in [0.15, 0.2) is 70.9 Å². The Labute approximate surface area is 201 Å². The van der Waals surface area contributed by atoms with Gasteiger partial charge in [-0.2, -0.15) is 0 Å². The van der Waals surface area contributed by atoms with Gasteiger partial charge >= 0.3 is 0 Å². The number of thiophene rings is 1. The maximum Gasteiger partial charge on any atom is 0.264 e. The summed E-state index contributed by atoms with van der Waals surface area (Å²) in [6.45, 7) is 2.13. The molecular formula is C23H22ClN3O4S2. The summed E-state index contributed by atoms with van der Waals surface area (Å²) in [4.78, 5) is 15.3. The number of hydrogen-bond donors (Lipinski definition) is 2. The summed E-state index contributed by atoms with van der Waals surface area (Å²) >= 11 is 7.68. The standard InChI is InChI=1S/C23H22ClN3O4S2/c24-19-5-1-2-6-20(19)26-33(29,30)22-16-17(7-9-21(22)27-11-13-31-14-12-27)25-23(28)10-8-18-4-3-15-32-18/h1-10,15-16,26H,11-14H2,(H,25,28)/b10-8+. The predicted molar refractivity (Wildman–Crippen MR) is 134 cm³/mol. The topological polar surface area (TPSA) is 87.7 Å². The van der Waals surface area contributed by atoms with E-state index in [-0.39, 0.29) is 21.5 Å². The molecule has 0 saturated carbocycles. The van der Waals surface area contributed by atoms with Crippen LogP contribution in [0, 0.1) is 0 Å². The van der Waals surface area contributed by atoms with Crippen LogP contribution in [0.25, 0.3) is 6.08 Å². The second-order valence-corrected chi connectivity index (χ2v) is 10.2. The van der Waals surface area contributed by atoms with Crippen molar-refractivity contribution in [3.63, 3.8) is 0 Å². The highest BCUT2D eigenvalue weighted by Gasteiger charge is 2.25. The van der Waals surface area contributed by atoms with Crippen LogP contribution >= 0.6 is 22.9 Å². The van der Waals surface area contributed by atoms with Crippen LogP contribution in [0.5, 0.6) is 0 Å². The first-order valence-corrected chi connectivity index (χ1v) is 12.9. The van der Waals surface area contributed by atoms with Crippen molar-refractivity contribution in [3.8, 4) is 0 Å². The fourth-order valence-electron chi connectivity index (χ4n) is 3.34. The van der Waals surface area contributed by atoms with Crippen molar-refractivity contribution in [2.24, 2.45) is 0 Å². The molecule has 10 heteroatoms. The molecule has 33 heavy (non-hydrogen) atoms. The highest BCUT2D eigenvalue weighted by molar-refractivity contribution is 7.93. The number of hydrogen-bond acceptors (Lipinski definition) is 6. The Hall–Kier alpha value is -2.85. The molecule has 1 saturated heterocycles. The Kier molecular flexibility index (Phi) is 7.34. The van der Waals surface area contributed by atoms with Crippen molar-refractivity contribution in [1.29, 1.82) is 0 Å². The molecule has 0 spiro atoms. The van der Waals surface area contributed by atoms with E-state index in [1.807, 2.05) is 22.4 Å². The van der Waals surface area contributed by atoms with Crippen LogP contribution in [-0.4, -0.2) is 40.6 Å². The number of nitrogens with one attached hydrogen (secondary N) is 2. The van der Waals surface area contributed by atoms with Gasteiger partial charge in [0.15, 0.2) is 0 Å². The third-order valence-corrected chi connectivity index (χ3v) is 7.49. The monoisotopic (exact) mass is 503 g/mol. The molecule has 1 aliphatic rings. The van der Waals surface area contributed by atoms with Crippen molar-refractivity contribution in [1.82, 2.24) is 0 Å². The van der Waals surface area contributed by atoms with E-state index in [9.17, 15) is 13.2 Å². The maximum atomic E-state index is 13.4. The lowest BCUT2D eigenvalue weighted by Gasteiger charge is -2.30. The Balaban J connectivity index is 1.64. The third-order valence-electron chi connectivity index (χ3n) is 4.93. The average molecular weight is 504 g/mol. The molecule has 2 heterocycles. The second-order valence-electron chi connectivity index (χ2n) is 7.21. The quantitative estimate of drug-likeness (QED) is 0.457. The number of benzene rings is 2. The molecule has 1 amide bonds. The fraction of sp³-hybridized carbons (Fsp3) is 0.174. The van der Waals surface area contributed by atoms with Gasteiger partial charge in [-0.15, -0.1) is 11.3 Å². The summed E-state index contributed by atoms with van der Waals surface area (Å²) in [6.07, 6.45) is 3.12. The third kappa shape index (κ3) is 5.94. The molecule has 172 valence electrons. The van der Waals surface area contributed by atoms with E-state index in [1.54, 1.807) is 42.5 Å². The first kappa shape index (κ1) is 23.3. The molecule has 2 aromatic carbocycles. The maximum absolute atomic E-state index is 13.4. The van der Waals surface area contributed by atoms with E-state index in [1.165, 1.54) is 23.5 Å². The molecule has 1 aromatic heterocycles. The highest BCUT2D eigenvalue weighted by Crippen LogP contribution is 2.32. The molecule has 0 unspecified atom stereocenters. The normalized spacial score (nSPS) is 14.4. The Morgan fingerprint density at radius 3 is 2.61 bits per heavy atom. The fourth-order valence-corrected chi connectivity index (χ4v) is 5.53. The van der Waals surface area contributed by atoms with Crippen molar-refractivity contribution < 1.29 is 17.9 Å². The van der Waals surface area contributed by atoms with Crippen molar-refractivity contribution in [2.75, 3.05) is 41.2 Å². The van der Waals surface area contributed by atoms with Gasteiger partial charge in [-0.05, 0) is 47.9 Å². The Morgan fingerprint density at radius 1 is 1.09 bits per heavy atom. The molecule has 2 N–H and O–H groups in total. The number of sulfonamides is 1. The number of anilines is 3. The van der Waals surface area contributed by atoms with Crippen molar-refractivity contribution >= 4 is 62.0 Å². The smallest absolute Gasteiger partial charge is 0.264 e. The van der Waals surface area contributed by atoms with E-state index in [4.69, 9.17) is 16.3 Å². The lowest BCUT2D eigenvalue weighted by atomic mass is 10.2. The molecule has 0 atom stereocenters. The summed E-state index contributed by atoms with van der Waals surface area (Å²) < 4.78 is 34.7. The van der Waals surface area contributed by atoms with E-state index in [0.717, 1.165) is 4.88 Å². The van der Waals surface area contributed by atoms with Crippen molar-refractivity contribution in [3.05, 3.63) is 76.0 Å². The lowest BCUT2D eigenvalue weighted by Crippen LogP contribution is -2.37. The van der Waals surface area contributed by atoms with E-state index < -0.39 is 10.0 Å². The van der Waals surface area contributed by atoms with Gasteiger partial charge in [0.25, 0.3) is 10.0 Å². The van der Waals surface area contributed by atoms with Gasteiger partial charge in [0.1, 0.15) is 4.90 Å². The summed E-state index contributed by atoms with van der Waals surface area (Å²) in [7, 11) is -4.01. The summed E-state index contributed by atoms with van der Waals surface area (Å²) in [5.74, 6) is -0.357. The number of carbonyl (C=O) groups excluding carboxylic acids is 1. The van der Waals surface area contributed by atoms with Gasteiger partial charge in [0.2, 0.25) is 5.91 Å². The molecule has 3 aromatic rings. The van der Waals surface area contributed by atoms with E-state index in [2.05, 4.69) is 10.0 Å². The van der Waals surface area contributed by atoms with Gasteiger partial charge in [0.05, 0.1) is 29.6 Å². The summed E-state index contributed by atoms with van der Waals surface area (Å²) in [5.41, 5.74) is 1.18. The van der Waals surface area contributed by atoms with Crippen LogP contribution in [0.3, 0.4) is 0 Å². The number of halogens is 1. The molecule has 0 radical (unpaired) electrons. The SMILES string of the molecule is O=C(/C=C/c1cccs1)Nc1ccc(N2CCOCC2)c(S(=O)(=O)Nc2ccccc2Cl)c1. The summed E-state index contributed by atoms with van der Waals surface area (Å²) in [5, 5.41) is 4.95. The Bertz CT molecular complexity index is 1250. The Morgan fingerprint density at radius 2 is 1.88 bits per heavy atom. The minimum Gasteiger partial charge on any atom is -0.378 e. The van der Waals surface area contributed by atoms with E-state index in [0.29, 0.717) is 37.7 Å². The molecular weight excluding hydrogens is 482 g/mol. The number of morpholine rings is 1. The number of para-hydroxylation sites is 1. The predicted octanol–water partition coefficient (Wildman–Crippen LogP) is 4.69. The molecule has 1 fully saturated rings. The van der Waals surface area contributed by atoms with Crippen molar-refractivity contribution in [2.45, 2.75) is 4.90 Å². The summed E-state index contributed by atoms with van der Waals surface area (Å²) in [6, 6.07) is 15.3.